The number of nitrogens with zero attached hydrogens (tertiary/aromatic N) is 1. The van der Waals surface area contributed by atoms with Crippen LogP contribution in [-0.2, 0) is 9.59 Å². The molecule has 1 aromatic rings. The van der Waals surface area contributed by atoms with Crippen molar-refractivity contribution in [2.24, 2.45) is 0 Å². The van der Waals surface area contributed by atoms with Gasteiger partial charge in [0, 0.05) is 15.7 Å². The Bertz CT molecular complexity index is 617. The number of hydrogen-bond acceptors (Lipinski definition) is 5. The molecule has 10 heteroatoms. The van der Waals surface area contributed by atoms with Crippen LogP contribution >= 0.6 is 22.6 Å². The van der Waals surface area contributed by atoms with Gasteiger partial charge in [-0.2, -0.15) is 0 Å². The molecule has 1 aromatic carbocycles. The van der Waals surface area contributed by atoms with E-state index in [1.54, 1.807) is 22.6 Å². The molecule has 0 spiro atoms. The van der Waals surface area contributed by atoms with Crippen molar-refractivity contribution in [2.45, 2.75) is 12.5 Å². The number of carbonyl (C=O) groups is 3. The van der Waals surface area contributed by atoms with Gasteiger partial charge in [0.05, 0.1) is 16.9 Å². The maximum Gasteiger partial charge on any atom is 0.326 e. The van der Waals surface area contributed by atoms with Crippen LogP contribution in [0, 0.1) is 13.7 Å². The minimum absolute atomic E-state index is 0.0959. The Hall–Kier alpha value is -2.24. The van der Waals surface area contributed by atoms with Crippen LogP contribution in [0.1, 0.15) is 16.8 Å². The van der Waals surface area contributed by atoms with E-state index in [0.717, 1.165) is 6.07 Å². The standard InChI is InChI=1S/C11H9IN2O7/c12-7-2-1-5(14(20)21)3-6(7)10(17)13-8(11(18)19)4-9(15)16/h1-3,8H,4H2,(H,13,17)(H,15,16)(H,18,19)/t8-/m1/s1. The SMILES string of the molecule is O=C(O)C[C@@H](NC(=O)c1cc([N+](=O)[O-])ccc1I)C(=O)O. The molecule has 3 N–H and O–H groups in total. The molecule has 0 saturated carbocycles. The third kappa shape index (κ3) is 4.66. The highest BCUT2D eigenvalue weighted by Crippen LogP contribution is 2.19. The smallest absolute Gasteiger partial charge is 0.326 e. The fraction of sp³-hybridized carbons (Fsp3) is 0.182. The van der Waals surface area contributed by atoms with E-state index in [4.69, 9.17) is 10.2 Å². The number of halogens is 1. The van der Waals surface area contributed by atoms with Gasteiger partial charge in [-0.25, -0.2) is 4.79 Å². The molecule has 1 rings (SSSR count). The monoisotopic (exact) mass is 408 g/mol. The Labute approximate surface area is 131 Å². The summed E-state index contributed by atoms with van der Waals surface area (Å²) in [6.45, 7) is 0. The van der Waals surface area contributed by atoms with Crippen LogP contribution in [0.3, 0.4) is 0 Å². The normalized spacial score (nSPS) is 11.5. The van der Waals surface area contributed by atoms with E-state index in [1.165, 1.54) is 12.1 Å². The Morgan fingerprint density at radius 2 is 1.95 bits per heavy atom. The van der Waals surface area contributed by atoms with Crippen LogP contribution in [0.2, 0.25) is 0 Å². The van der Waals surface area contributed by atoms with Crippen LogP contribution in [-0.4, -0.2) is 39.0 Å². The van der Waals surface area contributed by atoms with Gasteiger partial charge in [-0.15, -0.1) is 0 Å². The average Bonchev–Trinajstić information content (AvgIpc) is 2.37. The molecule has 0 aliphatic rings. The lowest BCUT2D eigenvalue weighted by Gasteiger charge is -2.13. The molecule has 0 heterocycles. The van der Waals surface area contributed by atoms with Gasteiger partial charge in [-0.1, -0.05) is 0 Å². The van der Waals surface area contributed by atoms with Crippen LogP contribution < -0.4 is 5.32 Å². The van der Waals surface area contributed by atoms with Gasteiger partial charge < -0.3 is 15.5 Å². The number of carboxylic acids is 2. The molecule has 0 aliphatic carbocycles. The summed E-state index contributed by atoms with van der Waals surface area (Å²) in [5.74, 6) is -3.79. The highest BCUT2D eigenvalue weighted by Gasteiger charge is 2.25. The van der Waals surface area contributed by atoms with E-state index in [2.05, 4.69) is 0 Å². The van der Waals surface area contributed by atoms with E-state index >= 15 is 0 Å². The van der Waals surface area contributed by atoms with Gasteiger partial charge in [0.2, 0.25) is 0 Å². The largest absolute Gasteiger partial charge is 0.481 e. The Morgan fingerprint density at radius 3 is 2.43 bits per heavy atom. The number of carboxylic acid groups (broad SMARTS) is 2. The minimum atomic E-state index is -1.62. The van der Waals surface area contributed by atoms with Crippen molar-refractivity contribution in [3.8, 4) is 0 Å². The van der Waals surface area contributed by atoms with Crippen molar-refractivity contribution in [1.29, 1.82) is 0 Å². The summed E-state index contributed by atoms with van der Waals surface area (Å²) in [4.78, 5) is 43.3. The van der Waals surface area contributed by atoms with E-state index < -0.39 is 35.2 Å². The lowest BCUT2D eigenvalue weighted by molar-refractivity contribution is -0.384. The second-order valence-electron chi connectivity index (χ2n) is 3.88. The minimum Gasteiger partial charge on any atom is -0.481 e. The Kier molecular flexibility index (Phi) is 5.58. The fourth-order valence-electron chi connectivity index (χ4n) is 1.41. The quantitative estimate of drug-likeness (QED) is 0.359. The first-order valence-corrected chi connectivity index (χ1v) is 6.49. The zero-order valence-corrected chi connectivity index (χ0v) is 12.4. The van der Waals surface area contributed by atoms with Crippen molar-refractivity contribution in [2.75, 3.05) is 0 Å². The first-order valence-electron chi connectivity index (χ1n) is 5.41. The molecule has 0 saturated heterocycles. The molecular formula is C11H9IN2O7. The van der Waals surface area contributed by atoms with Gasteiger partial charge in [-0.05, 0) is 28.7 Å². The summed E-state index contributed by atoms with van der Waals surface area (Å²) in [5, 5.41) is 30.1. The van der Waals surface area contributed by atoms with Crippen molar-refractivity contribution in [1.82, 2.24) is 5.32 Å². The van der Waals surface area contributed by atoms with Crippen LogP contribution in [0.5, 0.6) is 0 Å². The second-order valence-corrected chi connectivity index (χ2v) is 5.05. The molecule has 1 atom stereocenters. The highest BCUT2D eigenvalue weighted by molar-refractivity contribution is 14.1. The van der Waals surface area contributed by atoms with Crippen molar-refractivity contribution < 1.29 is 29.5 Å². The van der Waals surface area contributed by atoms with Crippen LogP contribution in [0.4, 0.5) is 5.69 Å². The molecular weight excluding hydrogens is 399 g/mol. The van der Waals surface area contributed by atoms with E-state index in [1.807, 2.05) is 5.32 Å². The molecule has 0 bridgehead atoms. The molecule has 0 aliphatic heterocycles. The van der Waals surface area contributed by atoms with Crippen molar-refractivity contribution >= 4 is 46.1 Å². The molecule has 0 radical (unpaired) electrons. The number of nitro benzene ring substituents is 1. The number of hydrogen-bond donors (Lipinski definition) is 3. The van der Waals surface area contributed by atoms with E-state index in [0.29, 0.717) is 3.57 Å². The molecule has 1 amide bonds. The number of aliphatic carboxylic acids is 2. The van der Waals surface area contributed by atoms with Crippen LogP contribution in [0.25, 0.3) is 0 Å². The molecule has 112 valence electrons. The second kappa shape index (κ2) is 6.97. The lowest BCUT2D eigenvalue weighted by Crippen LogP contribution is -2.42. The first-order chi connectivity index (χ1) is 9.72. The molecule has 0 unspecified atom stereocenters. The number of non-ortho nitro benzene ring substituents is 1. The summed E-state index contributed by atoms with van der Waals surface area (Å²) in [6, 6.07) is 1.91. The topological polar surface area (TPSA) is 147 Å². The summed E-state index contributed by atoms with van der Waals surface area (Å²) in [6.07, 6.45) is -0.799. The molecule has 9 nitrogen and oxygen atoms in total. The summed E-state index contributed by atoms with van der Waals surface area (Å²) in [7, 11) is 0. The third-order valence-corrected chi connectivity index (χ3v) is 3.33. The zero-order chi connectivity index (χ0) is 16.2. The maximum absolute atomic E-state index is 11.9. The Balaban J connectivity index is 3.02. The van der Waals surface area contributed by atoms with E-state index in [-0.39, 0.29) is 11.3 Å². The number of amides is 1. The fourth-order valence-corrected chi connectivity index (χ4v) is 1.99. The predicted molar refractivity (Wildman–Crippen MR) is 77.0 cm³/mol. The summed E-state index contributed by atoms with van der Waals surface area (Å²) in [5.41, 5.74) is -0.424. The molecule has 0 aromatic heterocycles. The Morgan fingerprint density at radius 1 is 1.33 bits per heavy atom. The van der Waals surface area contributed by atoms with Gasteiger partial charge in [0.25, 0.3) is 11.6 Å². The van der Waals surface area contributed by atoms with Gasteiger partial charge in [0.15, 0.2) is 0 Å². The van der Waals surface area contributed by atoms with Gasteiger partial charge in [-0.3, -0.25) is 19.7 Å². The number of nitrogens with one attached hydrogen (secondary N) is 1. The summed E-state index contributed by atoms with van der Waals surface area (Å²) >= 11 is 1.76. The lowest BCUT2D eigenvalue weighted by atomic mass is 10.1. The number of carbonyl (C=O) groups excluding carboxylic acids is 1. The van der Waals surface area contributed by atoms with Gasteiger partial charge >= 0.3 is 11.9 Å². The van der Waals surface area contributed by atoms with Crippen molar-refractivity contribution in [3.05, 3.63) is 37.4 Å². The maximum atomic E-state index is 11.9. The highest BCUT2D eigenvalue weighted by atomic mass is 127. The third-order valence-electron chi connectivity index (χ3n) is 2.39. The van der Waals surface area contributed by atoms with Crippen molar-refractivity contribution in [3.63, 3.8) is 0 Å². The average molecular weight is 408 g/mol. The van der Waals surface area contributed by atoms with E-state index in [9.17, 15) is 24.5 Å². The molecule has 21 heavy (non-hydrogen) atoms. The molecule has 0 fully saturated rings. The van der Waals surface area contributed by atoms with Crippen LogP contribution in [0.15, 0.2) is 18.2 Å². The first kappa shape index (κ1) is 16.8. The number of benzene rings is 1. The number of nitro groups is 1. The zero-order valence-electron chi connectivity index (χ0n) is 10.3. The summed E-state index contributed by atoms with van der Waals surface area (Å²) < 4.78 is 0.371. The number of rotatable bonds is 6. The predicted octanol–water partition coefficient (Wildman–Crippen LogP) is 0.857. The van der Waals surface area contributed by atoms with Gasteiger partial charge in [0.1, 0.15) is 6.04 Å².